The van der Waals surface area contributed by atoms with Gasteiger partial charge < -0.3 is 15.2 Å². The molecule has 0 bridgehead atoms. The smallest absolute Gasteiger partial charge is 0.416 e. The van der Waals surface area contributed by atoms with E-state index in [0.29, 0.717) is 25.9 Å². The first-order valence-electron chi connectivity index (χ1n) is 6.12. The molecule has 0 spiro atoms. The van der Waals surface area contributed by atoms with Crippen molar-refractivity contribution in [3.8, 4) is 5.75 Å². The Bertz CT molecular complexity index is 428. The Hall–Kier alpha value is -1.27. The summed E-state index contributed by atoms with van der Waals surface area (Å²) in [6.07, 6.45) is -3.32. The van der Waals surface area contributed by atoms with Crippen molar-refractivity contribution in [2.24, 2.45) is 0 Å². The Morgan fingerprint density at radius 2 is 1.95 bits per heavy atom. The van der Waals surface area contributed by atoms with Crippen molar-refractivity contribution < 1.29 is 23.0 Å². The average molecular weight is 275 g/mol. The van der Waals surface area contributed by atoms with Gasteiger partial charge in [-0.2, -0.15) is 13.2 Å². The van der Waals surface area contributed by atoms with Gasteiger partial charge in [0.05, 0.1) is 5.56 Å². The molecule has 1 saturated heterocycles. The quantitative estimate of drug-likeness (QED) is 0.888. The molecule has 0 aromatic heterocycles. The summed E-state index contributed by atoms with van der Waals surface area (Å²) < 4.78 is 42.9. The molecule has 1 fully saturated rings. The SMILES string of the molecule is OC1(COc2cccc(C(F)(F)F)c2)CCNCC1. The molecular formula is C13H16F3NO2. The van der Waals surface area contributed by atoms with Gasteiger partial charge in [-0.1, -0.05) is 6.07 Å². The summed E-state index contributed by atoms with van der Waals surface area (Å²) in [6.45, 7) is 1.38. The molecule has 106 valence electrons. The molecule has 1 aliphatic rings. The molecule has 0 unspecified atom stereocenters. The number of benzene rings is 1. The third kappa shape index (κ3) is 3.84. The van der Waals surface area contributed by atoms with Crippen LogP contribution in [0.15, 0.2) is 24.3 Å². The summed E-state index contributed by atoms with van der Waals surface area (Å²) in [6, 6.07) is 4.70. The summed E-state index contributed by atoms with van der Waals surface area (Å²) in [5.74, 6) is 0.127. The molecule has 0 amide bonds. The Kier molecular flexibility index (Phi) is 4.01. The minimum absolute atomic E-state index is 0.00991. The standard InChI is InChI=1S/C13H16F3NO2/c14-13(15,16)10-2-1-3-11(8-10)19-9-12(18)4-6-17-7-5-12/h1-3,8,17-18H,4-7,9H2. The number of nitrogens with one attached hydrogen (secondary N) is 1. The summed E-state index contributed by atoms with van der Waals surface area (Å²) in [5.41, 5.74) is -1.71. The Morgan fingerprint density at radius 3 is 2.58 bits per heavy atom. The van der Waals surface area contributed by atoms with E-state index in [4.69, 9.17) is 4.74 Å². The van der Waals surface area contributed by atoms with Crippen LogP contribution >= 0.6 is 0 Å². The Labute approximate surface area is 109 Å². The first kappa shape index (κ1) is 14.1. The lowest BCUT2D eigenvalue weighted by Crippen LogP contribution is -2.45. The van der Waals surface area contributed by atoms with E-state index in [1.54, 1.807) is 0 Å². The van der Waals surface area contributed by atoms with E-state index < -0.39 is 17.3 Å². The van der Waals surface area contributed by atoms with E-state index in [9.17, 15) is 18.3 Å². The molecule has 6 heteroatoms. The first-order chi connectivity index (χ1) is 8.89. The normalized spacial score (nSPS) is 19.2. The number of alkyl halides is 3. The molecule has 1 aromatic rings. The fraction of sp³-hybridized carbons (Fsp3) is 0.538. The largest absolute Gasteiger partial charge is 0.491 e. The van der Waals surface area contributed by atoms with Crippen LogP contribution in [0.1, 0.15) is 18.4 Å². The molecule has 1 aliphatic heterocycles. The second-order valence-corrected chi connectivity index (χ2v) is 4.79. The van der Waals surface area contributed by atoms with Crippen LogP contribution in [0.4, 0.5) is 13.2 Å². The number of rotatable bonds is 3. The predicted octanol–water partition coefficient (Wildman–Crippen LogP) is 2.20. The first-order valence-corrected chi connectivity index (χ1v) is 6.12. The topological polar surface area (TPSA) is 41.5 Å². The molecule has 1 heterocycles. The third-order valence-corrected chi connectivity index (χ3v) is 3.20. The number of hydrogen-bond acceptors (Lipinski definition) is 3. The van der Waals surface area contributed by atoms with Gasteiger partial charge in [-0.05, 0) is 44.1 Å². The van der Waals surface area contributed by atoms with Crippen LogP contribution in [0, 0.1) is 0 Å². The number of piperidine rings is 1. The van der Waals surface area contributed by atoms with Crippen LogP contribution in [-0.2, 0) is 6.18 Å². The number of aliphatic hydroxyl groups is 1. The zero-order valence-corrected chi connectivity index (χ0v) is 10.3. The second-order valence-electron chi connectivity index (χ2n) is 4.79. The number of hydrogen-bond donors (Lipinski definition) is 2. The monoisotopic (exact) mass is 275 g/mol. The molecule has 0 saturated carbocycles. The van der Waals surface area contributed by atoms with Crippen LogP contribution in [0.2, 0.25) is 0 Å². The van der Waals surface area contributed by atoms with Gasteiger partial charge in [-0.25, -0.2) is 0 Å². The molecular weight excluding hydrogens is 259 g/mol. The van der Waals surface area contributed by atoms with E-state index in [1.165, 1.54) is 12.1 Å². The maximum atomic E-state index is 12.5. The fourth-order valence-corrected chi connectivity index (χ4v) is 2.02. The highest BCUT2D eigenvalue weighted by Crippen LogP contribution is 2.31. The molecule has 3 nitrogen and oxygen atoms in total. The van der Waals surface area contributed by atoms with E-state index in [-0.39, 0.29) is 12.4 Å². The fourth-order valence-electron chi connectivity index (χ4n) is 2.02. The lowest BCUT2D eigenvalue weighted by Gasteiger charge is -2.32. The minimum Gasteiger partial charge on any atom is -0.491 e. The van der Waals surface area contributed by atoms with Gasteiger partial charge in [0.2, 0.25) is 0 Å². The van der Waals surface area contributed by atoms with Crippen molar-refractivity contribution in [3.63, 3.8) is 0 Å². The van der Waals surface area contributed by atoms with Crippen molar-refractivity contribution in [1.82, 2.24) is 5.32 Å². The van der Waals surface area contributed by atoms with Crippen molar-refractivity contribution >= 4 is 0 Å². The Morgan fingerprint density at radius 1 is 1.26 bits per heavy atom. The van der Waals surface area contributed by atoms with Crippen LogP contribution < -0.4 is 10.1 Å². The van der Waals surface area contributed by atoms with Crippen molar-refractivity contribution in [2.75, 3.05) is 19.7 Å². The summed E-state index contributed by atoms with van der Waals surface area (Å²) in [7, 11) is 0. The van der Waals surface area contributed by atoms with Crippen molar-refractivity contribution in [1.29, 1.82) is 0 Å². The predicted molar refractivity (Wildman–Crippen MR) is 64.0 cm³/mol. The number of ether oxygens (including phenoxy) is 1. The van der Waals surface area contributed by atoms with Crippen molar-refractivity contribution in [3.05, 3.63) is 29.8 Å². The van der Waals surface area contributed by atoms with Crippen molar-refractivity contribution in [2.45, 2.75) is 24.6 Å². The average Bonchev–Trinajstić information content (AvgIpc) is 2.37. The highest BCUT2D eigenvalue weighted by Gasteiger charge is 2.32. The molecule has 2 rings (SSSR count). The van der Waals surface area contributed by atoms with Gasteiger partial charge in [0.25, 0.3) is 0 Å². The molecule has 0 aliphatic carbocycles. The highest BCUT2D eigenvalue weighted by molar-refractivity contribution is 5.30. The lowest BCUT2D eigenvalue weighted by atomic mass is 9.93. The molecule has 19 heavy (non-hydrogen) atoms. The maximum absolute atomic E-state index is 12.5. The van der Waals surface area contributed by atoms with Gasteiger partial charge in [0, 0.05) is 0 Å². The molecule has 0 atom stereocenters. The van der Waals surface area contributed by atoms with E-state index in [0.717, 1.165) is 12.1 Å². The summed E-state index contributed by atoms with van der Waals surface area (Å²) in [4.78, 5) is 0. The zero-order chi connectivity index (χ0) is 13.9. The van der Waals surface area contributed by atoms with Crippen LogP contribution in [-0.4, -0.2) is 30.4 Å². The van der Waals surface area contributed by atoms with E-state index >= 15 is 0 Å². The minimum atomic E-state index is -4.38. The van der Waals surface area contributed by atoms with Crippen LogP contribution in [0.3, 0.4) is 0 Å². The van der Waals surface area contributed by atoms with Gasteiger partial charge in [-0.3, -0.25) is 0 Å². The molecule has 1 aromatic carbocycles. The summed E-state index contributed by atoms with van der Waals surface area (Å²) in [5, 5.41) is 13.3. The summed E-state index contributed by atoms with van der Waals surface area (Å²) >= 11 is 0. The van der Waals surface area contributed by atoms with Crippen LogP contribution in [0.5, 0.6) is 5.75 Å². The second kappa shape index (κ2) is 5.38. The zero-order valence-electron chi connectivity index (χ0n) is 10.3. The van der Waals surface area contributed by atoms with E-state index in [1.807, 2.05) is 0 Å². The van der Waals surface area contributed by atoms with Gasteiger partial charge >= 0.3 is 6.18 Å². The Balaban J connectivity index is 1.99. The lowest BCUT2D eigenvalue weighted by molar-refractivity contribution is -0.137. The number of halogens is 3. The van der Waals surface area contributed by atoms with Crippen LogP contribution in [0.25, 0.3) is 0 Å². The third-order valence-electron chi connectivity index (χ3n) is 3.20. The highest BCUT2D eigenvalue weighted by atomic mass is 19.4. The van der Waals surface area contributed by atoms with Gasteiger partial charge in [0.15, 0.2) is 0 Å². The van der Waals surface area contributed by atoms with Gasteiger partial charge in [-0.15, -0.1) is 0 Å². The molecule has 2 N–H and O–H groups in total. The van der Waals surface area contributed by atoms with E-state index in [2.05, 4.69) is 5.32 Å². The maximum Gasteiger partial charge on any atom is 0.416 e. The van der Waals surface area contributed by atoms with Gasteiger partial charge in [0.1, 0.15) is 18.0 Å². The molecule has 0 radical (unpaired) electrons.